The quantitative estimate of drug-likeness (QED) is 0.250. The van der Waals surface area contributed by atoms with Crippen molar-refractivity contribution < 1.29 is 9.53 Å². The van der Waals surface area contributed by atoms with Crippen LogP contribution in [0.25, 0.3) is 23.1 Å². The third-order valence-corrected chi connectivity index (χ3v) is 7.37. The van der Waals surface area contributed by atoms with Crippen molar-refractivity contribution in [3.63, 3.8) is 0 Å². The minimum absolute atomic E-state index is 0.113. The summed E-state index contributed by atoms with van der Waals surface area (Å²) in [6, 6.07) is 17.9. The zero-order valence-electron chi connectivity index (χ0n) is 23.6. The molecular formula is C34H35N5O2. The highest BCUT2D eigenvalue weighted by Gasteiger charge is 2.21. The molecule has 7 heteroatoms. The summed E-state index contributed by atoms with van der Waals surface area (Å²) in [5.74, 6) is 6.63. The third-order valence-electron chi connectivity index (χ3n) is 7.37. The van der Waals surface area contributed by atoms with Gasteiger partial charge >= 0.3 is 0 Å². The van der Waals surface area contributed by atoms with Crippen LogP contribution in [0.1, 0.15) is 71.3 Å². The zero-order chi connectivity index (χ0) is 28.2. The molecule has 1 saturated carbocycles. The highest BCUT2D eigenvalue weighted by atomic mass is 16.5. The lowest BCUT2D eigenvalue weighted by atomic mass is 10.1. The second kappa shape index (κ2) is 12.0. The molecule has 41 heavy (non-hydrogen) atoms. The van der Waals surface area contributed by atoms with Crippen LogP contribution < -0.4 is 10.6 Å². The number of amides is 1. The summed E-state index contributed by atoms with van der Waals surface area (Å²) in [5, 5.41) is 12.4. The standard InChI is InChI=1S/C34H35N5O2/c1-23-20-24(2)36-26(21-23)15-17-31-28-16-14-27(22-32(28)39(38-31)33-11-5-6-19-41-33)37-30-10-4-3-9-29(30)34(40)35-18-7-8-25-12-13-25/h3-4,9-10,14-17,20-22,25,33,37H,5-6,11-13,18-19H2,1-2H3,(H,35,40). The molecule has 4 aromatic rings. The Labute approximate surface area is 241 Å². The lowest BCUT2D eigenvalue weighted by Crippen LogP contribution is -2.24. The monoisotopic (exact) mass is 545 g/mol. The fourth-order valence-electron chi connectivity index (χ4n) is 5.21. The fraction of sp³-hybridized carbons (Fsp3) is 0.324. The summed E-state index contributed by atoms with van der Waals surface area (Å²) in [6.07, 6.45) is 9.37. The highest BCUT2D eigenvalue weighted by Crippen LogP contribution is 2.32. The van der Waals surface area contributed by atoms with E-state index in [0.717, 1.165) is 65.2 Å². The molecule has 208 valence electrons. The Morgan fingerprint density at radius 2 is 1.95 bits per heavy atom. The van der Waals surface area contributed by atoms with Crippen molar-refractivity contribution in [1.29, 1.82) is 0 Å². The molecule has 3 heterocycles. The highest BCUT2D eigenvalue weighted by molar-refractivity contribution is 6.01. The van der Waals surface area contributed by atoms with Crippen molar-refractivity contribution in [2.75, 3.05) is 18.5 Å². The zero-order valence-corrected chi connectivity index (χ0v) is 23.6. The number of hydrogen-bond acceptors (Lipinski definition) is 5. The first-order valence-electron chi connectivity index (χ1n) is 14.4. The van der Waals surface area contributed by atoms with Gasteiger partial charge in [0.2, 0.25) is 0 Å². The van der Waals surface area contributed by atoms with E-state index in [0.29, 0.717) is 18.0 Å². The van der Waals surface area contributed by atoms with Crippen LogP contribution >= 0.6 is 0 Å². The molecule has 1 amide bonds. The molecule has 2 fully saturated rings. The van der Waals surface area contributed by atoms with Crippen LogP contribution in [0.4, 0.5) is 11.4 Å². The number of benzene rings is 2. The Morgan fingerprint density at radius 3 is 2.76 bits per heavy atom. The first-order valence-corrected chi connectivity index (χ1v) is 14.4. The molecule has 0 spiro atoms. The number of pyridine rings is 1. The maximum Gasteiger partial charge on any atom is 0.254 e. The van der Waals surface area contributed by atoms with Crippen LogP contribution in [-0.2, 0) is 4.74 Å². The number of carbonyl (C=O) groups is 1. The van der Waals surface area contributed by atoms with E-state index in [1.54, 1.807) is 0 Å². The number of aromatic nitrogens is 3. The van der Waals surface area contributed by atoms with E-state index in [9.17, 15) is 4.79 Å². The number of hydrogen-bond donors (Lipinski definition) is 2. The SMILES string of the molecule is Cc1cc(C)nc(C=Cc2nn(C3CCCCO3)c3cc(Nc4ccccc4C(=O)NCC#CC4CC4)ccc23)c1. The van der Waals surface area contributed by atoms with Gasteiger partial charge in [0.1, 0.15) is 0 Å². The molecule has 2 aliphatic rings. The second-order valence-electron chi connectivity index (χ2n) is 10.9. The van der Waals surface area contributed by atoms with Gasteiger partial charge in [0.15, 0.2) is 6.23 Å². The van der Waals surface area contributed by atoms with Gasteiger partial charge in [0, 0.05) is 29.3 Å². The Balaban J connectivity index is 1.29. The fourth-order valence-corrected chi connectivity index (χ4v) is 5.21. The maximum absolute atomic E-state index is 13.0. The molecule has 0 bridgehead atoms. The van der Waals surface area contributed by atoms with E-state index in [1.807, 2.05) is 54.1 Å². The van der Waals surface area contributed by atoms with Crippen molar-refractivity contribution in [1.82, 2.24) is 20.1 Å². The number of nitrogens with zero attached hydrogens (tertiary/aromatic N) is 3. The number of fused-ring (bicyclic) bond motifs is 1. The minimum atomic E-state index is -0.146. The molecular weight excluding hydrogens is 510 g/mol. The average molecular weight is 546 g/mol. The number of rotatable bonds is 7. The largest absolute Gasteiger partial charge is 0.356 e. The summed E-state index contributed by atoms with van der Waals surface area (Å²) in [7, 11) is 0. The van der Waals surface area contributed by atoms with Gasteiger partial charge in [-0.25, -0.2) is 4.68 Å². The Hall–Kier alpha value is -4.41. The van der Waals surface area contributed by atoms with Crippen LogP contribution in [-0.4, -0.2) is 33.8 Å². The van der Waals surface area contributed by atoms with Gasteiger partial charge < -0.3 is 15.4 Å². The van der Waals surface area contributed by atoms with E-state index < -0.39 is 0 Å². The summed E-state index contributed by atoms with van der Waals surface area (Å²) in [5.41, 5.74) is 7.11. The van der Waals surface area contributed by atoms with Gasteiger partial charge in [-0.3, -0.25) is 9.78 Å². The molecule has 1 aliphatic carbocycles. The smallest absolute Gasteiger partial charge is 0.254 e. The Bertz CT molecular complexity index is 1650. The summed E-state index contributed by atoms with van der Waals surface area (Å²) < 4.78 is 8.14. The topological polar surface area (TPSA) is 81.1 Å². The van der Waals surface area contributed by atoms with Gasteiger partial charge in [0.05, 0.1) is 34.7 Å². The molecule has 1 saturated heterocycles. The first-order chi connectivity index (χ1) is 20.0. The van der Waals surface area contributed by atoms with Gasteiger partial charge in [0.25, 0.3) is 5.91 Å². The van der Waals surface area contributed by atoms with Crippen molar-refractivity contribution >= 4 is 40.3 Å². The average Bonchev–Trinajstić information content (AvgIpc) is 3.74. The number of para-hydroxylation sites is 1. The summed E-state index contributed by atoms with van der Waals surface area (Å²) >= 11 is 0. The van der Waals surface area contributed by atoms with Gasteiger partial charge in [-0.15, -0.1) is 0 Å². The van der Waals surface area contributed by atoms with Gasteiger partial charge in [-0.05, 0) is 106 Å². The Morgan fingerprint density at radius 1 is 1.07 bits per heavy atom. The predicted molar refractivity (Wildman–Crippen MR) is 164 cm³/mol. The third kappa shape index (κ3) is 6.50. The van der Waals surface area contributed by atoms with Crippen LogP contribution in [0.15, 0.2) is 54.6 Å². The van der Waals surface area contributed by atoms with Crippen molar-refractivity contribution in [2.45, 2.75) is 52.2 Å². The van der Waals surface area contributed by atoms with E-state index in [2.05, 4.69) is 58.6 Å². The molecule has 7 nitrogen and oxygen atoms in total. The van der Waals surface area contributed by atoms with E-state index in [4.69, 9.17) is 9.84 Å². The molecule has 6 rings (SSSR count). The lowest BCUT2D eigenvalue weighted by Gasteiger charge is -2.23. The molecule has 1 atom stereocenters. The molecule has 2 aromatic heterocycles. The van der Waals surface area contributed by atoms with Gasteiger partial charge in [-0.1, -0.05) is 24.0 Å². The van der Waals surface area contributed by atoms with Crippen molar-refractivity contribution in [3.05, 3.63) is 82.8 Å². The number of ether oxygens (including phenoxy) is 1. The number of anilines is 2. The van der Waals surface area contributed by atoms with Crippen molar-refractivity contribution in [3.8, 4) is 11.8 Å². The van der Waals surface area contributed by atoms with Gasteiger partial charge in [-0.2, -0.15) is 5.10 Å². The summed E-state index contributed by atoms with van der Waals surface area (Å²) in [4.78, 5) is 17.6. The second-order valence-corrected chi connectivity index (χ2v) is 10.9. The number of carbonyl (C=O) groups excluding carboxylic acids is 1. The maximum atomic E-state index is 13.0. The van der Waals surface area contributed by atoms with Crippen LogP contribution in [0.3, 0.4) is 0 Å². The van der Waals surface area contributed by atoms with Crippen LogP contribution in [0, 0.1) is 31.6 Å². The number of nitrogens with one attached hydrogen (secondary N) is 2. The Kier molecular flexibility index (Phi) is 7.84. The minimum Gasteiger partial charge on any atom is -0.356 e. The molecule has 0 radical (unpaired) electrons. The molecule has 1 aliphatic heterocycles. The van der Waals surface area contributed by atoms with Crippen LogP contribution in [0.2, 0.25) is 0 Å². The molecule has 2 aromatic carbocycles. The van der Waals surface area contributed by atoms with E-state index in [1.165, 1.54) is 18.4 Å². The number of aryl methyl sites for hydroxylation is 2. The molecule has 2 N–H and O–H groups in total. The lowest BCUT2D eigenvalue weighted by molar-refractivity contribution is -0.0367. The van der Waals surface area contributed by atoms with E-state index >= 15 is 0 Å². The first kappa shape index (κ1) is 26.8. The van der Waals surface area contributed by atoms with E-state index in [-0.39, 0.29) is 12.1 Å². The van der Waals surface area contributed by atoms with Crippen LogP contribution in [0.5, 0.6) is 0 Å². The summed E-state index contributed by atoms with van der Waals surface area (Å²) in [6.45, 7) is 5.17. The predicted octanol–water partition coefficient (Wildman–Crippen LogP) is 6.80. The van der Waals surface area contributed by atoms with Crippen molar-refractivity contribution in [2.24, 2.45) is 5.92 Å². The molecule has 1 unspecified atom stereocenters. The normalized spacial score (nSPS) is 16.9.